The van der Waals surface area contributed by atoms with Gasteiger partial charge in [-0.15, -0.1) is 0 Å². The van der Waals surface area contributed by atoms with Gasteiger partial charge in [0.1, 0.15) is 0 Å². The van der Waals surface area contributed by atoms with Crippen molar-refractivity contribution in [2.75, 3.05) is 19.6 Å². The van der Waals surface area contributed by atoms with E-state index in [-0.39, 0.29) is 17.8 Å². The van der Waals surface area contributed by atoms with Gasteiger partial charge in [0.15, 0.2) is 0 Å². The molecule has 0 bridgehead atoms. The summed E-state index contributed by atoms with van der Waals surface area (Å²) in [4.78, 5) is 1.63. The molecule has 2 aliphatic rings. The first kappa shape index (κ1) is 13.2. The maximum absolute atomic E-state index is 12.2. The lowest BCUT2D eigenvalue weighted by atomic mass is 10.1. The van der Waals surface area contributed by atoms with Crippen LogP contribution in [-0.2, 0) is 10.0 Å². The Hall–Kier alpha value is -0.270. The lowest BCUT2D eigenvalue weighted by molar-refractivity contribution is 0.0730. The van der Waals surface area contributed by atoms with Crippen molar-refractivity contribution in [1.29, 1.82) is 0 Å². The fourth-order valence-corrected chi connectivity index (χ4v) is 3.83. The van der Waals surface area contributed by atoms with Gasteiger partial charge in [0.05, 0.1) is 11.8 Å². The van der Waals surface area contributed by atoms with E-state index < -0.39 is 16.4 Å². The van der Waals surface area contributed by atoms with Crippen LogP contribution < -0.4 is 4.72 Å². The van der Waals surface area contributed by atoms with Gasteiger partial charge < -0.3 is 0 Å². The van der Waals surface area contributed by atoms with E-state index >= 15 is 0 Å². The van der Waals surface area contributed by atoms with E-state index in [0.717, 1.165) is 25.7 Å². The highest BCUT2D eigenvalue weighted by Gasteiger charge is 2.37. The van der Waals surface area contributed by atoms with Gasteiger partial charge in [-0.2, -0.15) is 0 Å². The van der Waals surface area contributed by atoms with Crippen molar-refractivity contribution >= 4 is 10.0 Å². The molecule has 1 N–H and O–H groups in total. The predicted octanol–water partition coefficient (Wildman–Crippen LogP) is 0.798. The van der Waals surface area contributed by atoms with Crippen LogP contribution >= 0.6 is 0 Å². The van der Waals surface area contributed by atoms with Crippen LogP contribution in [0.2, 0.25) is 0 Å². The number of halogens is 2. The maximum atomic E-state index is 12.2. The van der Waals surface area contributed by atoms with Crippen LogP contribution in [0.1, 0.15) is 25.7 Å². The first-order valence-corrected chi connectivity index (χ1v) is 7.53. The summed E-state index contributed by atoms with van der Waals surface area (Å²) < 4.78 is 50.6. The van der Waals surface area contributed by atoms with Crippen LogP contribution in [0.5, 0.6) is 0 Å². The predicted molar refractivity (Wildman–Crippen MR) is 60.5 cm³/mol. The highest BCUT2D eigenvalue weighted by molar-refractivity contribution is 7.90. The average Bonchev–Trinajstić information content (AvgIpc) is 2.98. The molecule has 0 spiro atoms. The van der Waals surface area contributed by atoms with E-state index in [1.54, 1.807) is 4.90 Å². The van der Waals surface area contributed by atoms with E-state index in [1.807, 2.05) is 0 Å². The Morgan fingerprint density at radius 2 is 2.00 bits per heavy atom. The lowest BCUT2D eigenvalue weighted by Crippen LogP contribution is -2.49. The topological polar surface area (TPSA) is 49.4 Å². The maximum Gasteiger partial charge on any atom is 0.251 e. The van der Waals surface area contributed by atoms with E-state index in [1.165, 1.54) is 0 Å². The minimum atomic E-state index is -3.20. The number of hydrogen-bond acceptors (Lipinski definition) is 3. The molecule has 1 unspecified atom stereocenters. The second-order valence-corrected chi connectivity index (χ2v) is 6.84. The first-order chi connectivity index (χ1) is 7.97. The molecule has 1 aliphatic carbocycles. The molecule has 1 heterocycles. The molecule has 2 rings (SSSR count). The summed E-state index contributed by atoms with van der Waals surface area (Å²) in [5, 5.41) is -0.243. The molecular formula is C10H18F2N2O2S. The summed E-state index contributed by atoms with van der Waals surface area (Å²) in [6.45, 7) is 0.768. The third-order valence-electron chi connectivity index (χ3n) is 3.20. The van der Waals surface area contributed by atoms with Crippen LogP contribution in [-0.4, -0.2) is 50.7 Å². The van der Waals surface area contributed by atoms with E-state index in [9.17, 15) is 17.2 Å². The molecule has 0 radical (unpaired) electrons. The van der Waals surface area contributed by atoms with Crippen LogP contribution in [0, 0.1) is 0 Å². The summed E-state index contributed by atoms with van der Waals surface area (Å²) in [6.07, 6.45) is 0.607. The van der Waals surface area contributed by atoms with E-state index in [2.05, 4.69) is 4.72 Å². The van der Waals surface area contributed by atoms with Crippen LogP contribution in [0.15, 0.2) is 0 Å². The SMILES string of the molecule is O=S(=O)(NC1CCCN(CC(F)F)C1)C1CC1. The largest absolute Gasteiger partial charge is 0.296 e. The van der Waals surface area contributed by atoms with Crippen molar-refractivity contribution in [3.63, 3.8) is 0 Å². The Morgan fingerprint density at radius 1 is 1.29 bits per heavy atom. The highest BCUT2D eigenvalue weighted by Crippen LogP contribution is 2.28. The molecule has 2 fully saturated rings. The summed E-state index contributed by atoms with van der Waals surface area (Å²) in [5.74, 6) is 0. The molecule has 0 aromatic heterocycles. The Morgan fingerprint density at radius 3 is 2.59 bits per heavy atom. The van der Waals surface area contributed by atoms with Crippen LogP contribution in [0.25, 0.3) is 0 Å². The quantitative estimate of drug-likeness (QED) is 0.802. The summed E-state index contributed by atoms with van der Waals surface area (Å²) in [6, 6.07) is -0.201. The summed E-state index contributed by atoms with van der Waals surface area (Å²) in [7, 11) is -3.20. The molecule has 17 heavy (non-hydrogen) atoms. The fourth-order valence-electron chi connectivity index (χ4n) is 2.22. The molecule has 1 saturated heterocycles. The van der Waals surface area contributed by atoms with Gasteiger partial charge in [0.25, 0.3) is 6.43 Å². The number of nitrogens with zero attached hydrogens (tertiary/aromatic N) is 1. The number of alkyl halides is 2. The number of hydrogen-bond donors (Lipinski definition) is 1. The zero-order valence-corrected chi connectivity index (χ0v) is 10.4. The summed E-state index contributed by atoms with van der Waals surface area (Å²) in [5.41, 5.74) is 0. The third kappa shape index (κ3) is 3.86. The fraction of sp³-hybridized carbons (Fsp3) is 1.00. The molecule has 0 amide bonds. The van der Waals surface area contributed by atoms with Gasteiger partial charge in [-0.25, -0.2) is 21.9 Å². The second-order valence-electron chi connectivity index (χ2n) is 4.85. The van der Waals surface area contributed by atoms with E-state index in [0.29, 0.717) is 13.1 Å². The smallest absolute Gasteiger partial charge is 0.251 e. The molecule has 100 valence electrons. The monoisotopic (exact) mass is 268 g/mol. The average molecular weight is 268 g/mol. The van der Waals surface area contributed by atoms with Crippen molar-refractivity contribution in [1.82, 2.24) is 9.62 Å². The molecule has 0 aromatic carbocycles. The van der Waals surface area contributed by atoms with Crippen LogP contribution in [0.4, 0.5) is 8.78 Å². The third-order valence-corrected chi connectivity index (χ3v) is 5.21. The minimum absolute atomic E-state index is 0.201. The zero-order valence-electron chi connectivity index (χ0n) is 9.61. The van der Waals surface area contributed by atoms with Gasteiger partial charge >= 0.3 is 0 Å². The van der Waals surface area contributed by atoms with Crippen molar-refractivity contribution in [2.45, 2.75) is 43.4 Å². The van der Waals surface area contributed by atoms with Gasteiger partial charge in [-0.05, 0) is 32.2 Å². The van der Waals surface area contributed by atoms with E-state index in [4.69, 9.17) is 0 Å². The van der Waals surface area contributed by atoms with Crippen molar-refractivity contribution in [3.05, 3.63) is 0 Å². The molecular weight excluding hydrogens is 250 g/mol. The molecule has 4 nitrogen and oxygen atoms in total. The van der Waals surface area contributed by atoms with Crippen molar-refractivity contribution in [2.24, 2.45) is 0 Å². The number of nitrogens with one attached hydrogen (secondary N) is 1. The number of sulfonamides is 1. The molecule has 7 heteroatoms. The Balaban J connectivity index is 1.84. The molecule has 0 aromatic rings. The minimum Gasteiger partial charge on any atom is -0.296 e. The number of piperidine rings is 1. The molecule has 1 aliphatic heterocycles. The van der Waals surface area contributed by atoms with Crippen LogP contribution in [0.3, 0.4) is 0 Å². The lowest BCUT2D eigenvalue weighted by Gasteiger charge is -2.32. The zero-order chi connectivity index (χ0) is 12.5. The van der Waals surface area contributed by atoms with Gasteiger partial charge in [0.2, 0.25) is 10.0 Å². The van der Waals surface area contributed by atoms with Crippen molar-refractivity contribution < 1.29 is 17.2 Å². The standard InChI is InChI=1S/C10H18F2N2O2S/c11-10(12)7-14-5-1-2-8(6-14)13-17(15,16)9-3-4-9/h8-10,13H,1-7H2. The summed E-state index contributed by atoms with van der Waals surface area (Å²) >= 11 is 0. The second kappa shape index (κ2) is 5.16. The van der Waals surface area contributed by atoms with Crippen molar-refractivity contribution in [3.8, 4) is 0 Å². The van der Waals surface area contributed by atoms with Gasteiger partial charge in [0, 0.05) is 12.6 Å². The molecule has 1 atom stereocenters. The Labute approximate surface area is 100 Å². The Bertz CT molecular complexity index is 357. The normalized spacial score (nSPS) is 27.6. The number of rotatable bonds is 5. The van der Waals surface area contributed by atoms with Gasteiger partial charge in [-0.3, -0.25) is 4.90 Å². The highest BCUT2D eigenvalue weighted by atomic mass is 32.2. The molecule has 1 saturated carbocycles. The first-order valence-electron chi connectivity index (χ1n) is 5.99. The van der Waals surface area contributed by atoms with Gasteiger partial charge in [-0.1, -0.05) is 0 Å². The number of likely N-dealkylation sites (tertiary alicyclic amines) is 1. The Kier molecular flexibility index (Phi) is 3.99.